The maximum absolute atomic E-state index is 4.53. The van der Waals surface area contributed by atoms with Crippen LogP contribution in [-0.4, -0.2) is 19.7 Å². The minimum absolute atomic E-state index is 0.752. The van der Waals surface area contributed by atoms with Gasteiger partial charge in [-0.05, 0) is 37.6 Å². The number of hydrogen-bond donors (Lipinski definition) is 1. The van der Waals surface area contributed by atoms with Crippen LogP contribution in [0.4, 0.5) is 11.5 Å². The molecule has 0 aliphatic heterocycles. The number of benzene rings is 2. The zero-order chi connectivity index (χ0) is 16.5. The molecule has 0 aliphatic carbocycles. The van der Waals surface area contributed by atoms with Crippen molar-refractivity contribution in [3.63, 3.8) is 0 Å². The molecule has 0 fully saturated rings. The average Bonchev–Trinajstić information content (AvgIpc) is 3.01. The van der Waals surface area contributed by atoms with Gasteiger partial charge in [-0.15, -0.1) is 0 Å². The maximum Gasteiger partial charge on any atom is 0.168 e. The molecule has 0 saturated heterocycles. The van der Waals surface area contributed by atoms with Crippen LogP contribution >= 0.6 is 0 Å². The average molecular weight is 315 g/mol. The molecule has 0 unspecified atom stereocenters. The lowest BCUT2D eigenvalue weighted by molar-refractivity contribution is 0.886. The van der Waals surface area contributed by atoms with Crippen LogP contribution in [-0.2, 0) is 0 Å². The Hall–Kier alpha value is -3.21. The van der Waals surface area contributed by atoms with Crippen LogP contribution in [0.3, 0.4) is 0 Å². The smallest absolute Gasteiger partial charge is 0.168 e. The summed E-state index contributed by atoms with van der Waals surface area (Å²) in [6.45, 7) is 4.17. The van der Waals surface area contributed by atoms with Gasteiger partial charge in [0.05, 0.1) is 17.3 Å². The van der Waals surface area contributed by atoms with Gasteiger partial charge in [-0.2, -0.15) is 5.10 Å². The number of rotatable bonds is 3. The van der Waals surface area contributed by atoms with Crippen LogP contribution in [0.15, 0.2) is 61.1 Å². The molecule has 24 heavy (non-hydrogen) atoms. The molecule has 0 spiro atoms. The van der Waals surface area contributed by atoms with Gasteiger partial charge in [0.15, 0.2) is 5.65 Å². The van der Waals surface area contributed by atoms with Crippen molar-refractivity contribution < 1.29 is 0 Å². The summed E-state index contributed by atoms with van der Waals surface area (Å²) in [6.07, 6.45) is 3.37. The summed E-state index contributed by atoms with van der Waals surface area (Å²) in [5.41, 5.74) is 5.19. The molecule has 0 saturated carbocycles. The number of anilines is 2. The fraction of sp³-hybridized carbons (Fsp3) is 0.105. The number of nitrogens with one attached hydrogen (secondary N) is 1. The predicted octanol–water partition coefficient (Wildman–Crippen LogP) is 4.18. The highest BCUT2D eigenvalue weighted by Gasteiger charge is 2.12. The zero-order valence-electron chi connectivity index (χ0n) is 13.6. The van der Waals surface area contributed by atoms with Crippen LogP contribution in [0.1, 0.15) is 11.1 Å². The Kier molecular flexibility index (Phi) is 3.46. The van der Waals surface area contributed by atoms with Gasteiger partial charge in [0.2, 0.25) is 0 Å². The Balaban J connectivity index is 1.82. The van der Waals surface area contributed by atoms with Gasteiger partial charge >= 0.3 is 0 Å². The van der Waals surface area contributed by atoms with E-state index in [2.05, 4.69) is 52.4 Å². The number of aromatic nitrogens is 4. The highest BCUT2D eigenvalue weighted by atomic mass is 15.3. The van der Waals surface area contributed by atoms with Crippen molar-refractivity contribution in [1.82, 2.24) is 19.7 Å². The lowest BCUT2D eigenvalue weighted by atomic mass is 10.1. The maximum atomic E-state index is 4.53. The Bertz CT molecular complexity index is 1000. The summed E-state index contributed by atoms with van der Waals surface area (Å²) in [5.74, 6) is 0.752. The van der Waals surface area contributed by atoms with Gasteiger partial charge in [0.1, 0.15) is 12.1 Å². The molecule has 0 aliphatic rings. The van der Waals surface area contributed by atoms with E-state index in [1.165, 1.54) is 5.56 Å². The first-order chi connectivity index (χ1) is 11.7. The summed E-state index contributed by atoms with van der Waals surface area (Å²) in [4.78, 5) is 8.80. The molecular formula is C19H17N5. The molecule has 4 aromatic rings. The molecule has 2 aromatic carbocycles. The Morgan fingerprint density at radius 2 is 1.79 bits per heavy atom. The SMILES string of the molecule is Cc1ccc(-n2ncc3c(Nc4ccccc4)ncnc32)c(C)c1. The molecule has 0 radical (unpaired) electrons. The van der Waals surface area contributed by atoms with E-state index in [4.69, 9.17) is 0 Å². The highest BCUT2D eigenvalue weighted by molar-refractivity contribution is 5.89. The van der Waals surface area contributed by atoms with Gasteiger partial charge in [-0.3, -0.25) is 0 Å². The van der Waals surface area contributed by atoms with E-state index >= 15 is 0 Å². The molecule has 0 amide bonds. The fourth-order valence-corrected chi connectivity index (χ4v) is 2.82. The van der Waals surface area contributed by atoms with Crippen LogP contribution < -0.4 is 5.32 Å². The lowest BCUT2D eigenvalue weighted by Crippen LogP contribution is -2.01. The number of fused-ring (bicyclic) bond motifs is 1. The number of hydrogen-bond acceptors (Lipinski definition) is 4. The van der Waals surface area contributed by atoms with Crippen LogP contribution in [0.2, 0.25) is 0 Å². The summed E-state index contributed by atoms with van der Waals surface area (Å²) in [5, 5.41) is 8.75. The predicted molar refractivity (Wildman–Crippen MR) is 95.9 cm³/mol. The Morgan fingerprint density at radius 3 is 2.58 bits per heavy atom. The van der Waals surface area contributed by atoms with E-state index in [9.17, 15) is 0 Å². The monoisotopic (exact) mass is 315 g/mol. The van der Waals surface area contributed by atoms with Crippen molar-refractivity contribution in [1.29, 1.82) is 0 Å². The van der Waals surface area contributed by atoms with E-state index in [0.717, 1.165) is 33.8 Å². The molecule has 2 aromatic heterocycles. The van der Waals surface area contributed by atoms with Crippen molar-refractivity contribution in [3.8, 4) is 5.69 Å². The zero-order valence-corrected chi connectivity index (χ0v) is 13.6. The highest BCUT2D eigenvalue weighted by Crippen LogP contribution is 2.25. The van der Waals surface area contributed by atoms with E-state index in [0.29, 0.717) is 0 Å². The fourth-order valence-electron chi connectivity index (χ4n) is 2.82. The molecule has 5 heteroatoms. The summed E-state index contributed by atoms with van der Waals surface area (Å²) in [6, 6.07) is 16.3. The third-order valence-electron chi connectivity index (χ3n) is 3.98. The lowest BCUT2D eigenvalue weighted by Gasteiger charge is -2.09. The van der Waals surface area contributed by atoms with Gasteiger partial charge in [0.25, 0.3) is 0 Å². The molecular weight excluding hydrogens is 298 g/mol. The van der Waals surface area contributed by atoms with Crippen molar-refractivity contribution in [2.75, 3.05) is 5.32 Å². The first-order valence-corrected chi connectivity index (χ1v) is 7.81. The summed E-state index contributed by atoms with van der Waals surface area (Å²) < 4.78 is 1.86. The summed E-state index contributed by atoms with van der Waals surface area (Å²) >= 11 is 0. The molecule has 4 rings (SSSR count). The minimum atomic E-state index is 0.752. The minimum Gasteiger partial charge on any atom is -0.340 e. The van der Waals surface area contributed by atoms with E-state index in [1.54, 1.807) is 12.5 Å². The largest absolute Gasteiger partial charge is 0.340 e. The second-order valence-electron chi connectivity index (χ2n) is 5.80. The van der Waals surface area contributed by atoms with E-state index in [1.807, 2.05) is 35.0 Å². The number of nitrogens with zero attached hydrogens (tertiary/aromatic N) is 4. The van der Waals surface area contributed by atoms with E-state index < -0.39 is 0 Å². The summed E-state index contributed by atoms with van der Waals surface area (Å²) in [7, 11) is 0. The van der Waals surface area contributed by atoms with Crippen LogP contribution in [0, 0.1) is 13.8 Å². The van der Waals surface area contributed by atoms with Crippen LogP contribution in [0.25, 0.3) is 16.7 Å². The number of aryl methyl sites for hydroxylation is 2. The third kappa shape index (κ3) is 2.50. The second-order valence-corrected chi connectivity index (χ2v) is 5.80. The van der Waals surface area contributed by atoms with Gasteiger partial charge in [-0.25, -0.2) is 14.6 Å². The van der Waals surface area contributed by atoms with Crippen molar-refractivity contribution in [3.05, 3.63) is 72.2 Å². The van der Waals surface area contributed by atoms with Crippen LogP contribution in [0.5, 0.6) is 0 Å². The Labute approximate surface area is 140 Å². The quantitative estimate of drug-likeness (QED) is 0.616. The van der Waals surface area contributed by atoms with Gasteiger partial charge in [-0.1, -0.05) is 35.9 Å². The van der Waals surface area contributed by atoms with E-state index in [-0.39, 0.29) is 0 Å². The molecule has 1 N–H and O–H groups in total. The van der Waals surface area contributed by atoms with Gasteiger partial charge < -0.3 is 5.32 Å². The first kappa shape index (κ1) is 14.4. The number of para-hydroxylation sites is 1. The molecule has 0 atom stereocenters. The molecule has 2 heterocycles. The molecule has 0 bridgehead atoms. The molecule has 5 nitrogen and oxygen atoms in total. The first-order valence-electron chi connectivity index (χ1n) is 7.81. The van der Waals surface area contributed by atoms with Gasteiger partial charge in [0, 0.05) is 5.69 Å². The normalized spacial score (nSPS) is 10.9. The molecule has 118 valence electrons. The third-order valence-corrected chi connectivity index (χ3v) is 3.98. The van der Waals surface area contributed by atoms with Crippen molar-refractivity contribution in [2.24, 2.45) is 0 Å². The Morgan fingerprint density at radius 1 is 0.958 bits per heavy atom. The topological polar surface area (TPSA) is 55.6 Å². The van der Waals surface area contributed by atoms with Crippen molar-refractivity contribution >= 4 is 22.5 Å². The second kappa shape index (κ2) is 5.77. The standard InChI is InChI=1S/C19H17N5/c1-13-8-9-17(14(2)10-13)24-19-16(11-22-24)18(20-12-21-19)23-15-6-4-3-5-7-15/h3-12H,1-2H3,(H,20,21,23). The van der Waals surface area contributed by atoms with Crippen molar-refractivity contribution in [2.45, 2.75) is 13.8 Å².